The fourth-order valence-corrected chi connectivity index (χ4v) is 3.75. The van der Waals surface area contributed by atoms with Gasteiger partial charge in [0.25, 0.3) is 0 Å². The molecule has 2 nitrogen and oxygen atoms in total. The molecule has 2 fully saturated rings. The average molecular weight is 238 g/mol. The molecule has 0 aromatic rings. The molecule has 0 aromatic heterocycles. The third-order valence-electron chi connectivity index (χ3n) is 5.04. The first-order chi connectivity index (χ1) is 8.20. The number of nitrogens with one attached hydrogen (secondary N) is 1. The van der Waals surface area contributed by atoms with Crippen molar-refractivity contribution in [3.8, 4) is 0 Å². The second kappa shape index (κ2) is 6.19. The molecule has 2 unspecified atom stereocenters. The highest BCUT2D eigenvalue weighted by Crippen LogP contribution is 2.31. The van der Waals surface area contributed by atoms with Crippen LogP contribution in [0.4, 0.5) is 0 Å². The van der Waals surface area contributed by atoms with Crippen LogP contribution in [0.1, 0.15) is 58.8 Å². The van der Waals surface area contributed by atoms with Crippen molar-refractivity contribution in [3.05, 3.63) is 0 Å². The molecule has 0 saturated heterocycles. The van der Waals surface area contributed by atoms with Crippen LogP contribution in [0, 0.1) is 5.92 Å². The van der Waals surface area contributed by atoms with E-state index < -0.39 is 0 Å². The Morgan fingerprint density at radius 3 is 2.29 bits per heavy atom. The van der Waals surface area contributed by atoms with Crippen LogP contribution in [-0.2, 0) is 0 Å². The van der Waals surface area contributed by atoms with E-state index in [0.29, 0.717) is 0 Å². The van der Waals surface area contributed by atoms with E-state index in [1.54, 1.807) is 0 Å². The van der Waals surface area contributed by atoms with Gasteiger partial charge in [0.2, 0.25) is 0 Å². The van der Waals surface area contributed by atoms with Crippen molar-refractivity contribution in [2.24, 2.45) is 5.92 Å². The number of hydrogen-bond acceptors (Lipinski definition) is 2. The monoisotopic (exact) mass is 238 g/mol. The summed E-state index contributed by atoms with van der Waals surface area (Å²) < 4.78 is 0. The lowest BCUT2D eigenvalue weighted by Gasteiger charge is -2.37. The Hall–Kier alpha value is -0.0800. The van der Waals surface area contributed by atoms with Crippen molar-refractivity contribution in [2.45, 2.75) is 76.9 Å². The summed E-state index contributed by atoms with van der Waals surface area (Å²) in [6.07, 6.45) is 9.90. The van der Waals surface area contributed by atoms with E-state index in [-0.39, 0.29) is 0 Å². The third-order valence-corrected chi connectivity index (χ3v) is 5.04. The Morgan fingerprint density at radius 1 is 1.00 bits per heavy atom. The van der Waals surface area contributed by atoms with Gasteiger partial charge in [-0.25, -0.2) is 0 Å². The van der Waals surface area contributed by atoms with Gasteiger partial charge in [-0.3, -0.25) is 0 Å². The Bertz CT molecular complexity index is 221. The first-order valence-electron chi connectivity index (χ1n) is 7.66. The standard InChI is InChI=1S/C15H30N2/c1-4-16-13-7-10-15(11-13)17(3)14-8-5-12(2)6-9-14/h12-16H,4-11H2,1-3H3. The summed E-state index contributed by atoms with van der Waals surface area (Å²) in [5, 5.41) is 3.61. The van der Waals surface area contributed by atoms with Crippen LogP contribution in [0.2, 0.25) is 0 Å². The Labute approximate surface area is 107 Å². The molecule has 1 N–H and O–H groups in total. The minimum Gasteiger partial charge on any atom is -0.314 e. The van der Waals surface area contributed by atoms with E-state index in [1.807, 2.05) is 0 Å². The van der Waals surface area contributed by atoms with Crippen LogP contribution in [0.15, 0.2) is 0 Å². The molecule has 2 aliphatic rings. The fourth-order valence-electron chi connectivity index (χ4n) is 3.75. The molecule has 0 bridgehead atoms. The van der Waals surface area contributed by atoms with Gasteiger partial charge in [0.05, 0.1) is 0 Å². The molecule has 2 saturated carbocycles. The van der Waals surface area contributed by atoms with E-state index in [0.717, 1.165) is 30.6 Å². The van der Waals surface area contributed by atoms with Gasteiger partial charge >= 0.3 is 0 Å². The number of nitrogens with zero attached hydrogens (tertiary/aromatic N) is 1. The van der Waals surface area contributed by atoms with E-state index in [4.69, 9.17) is 0 Å². The topological polar surface area (TPSA) is 15.3 Å². The maximum Gasteiger partial charge on any atom is 0.0110 e. The molecule has 0 radical (unpaired) electrons. The molecule has 2 aliphatic carbocycles. The van der Waals surface area contributed by atoms with Gasteiger partial charge in [0, 0.05) is 18.1 Å². The van der Waals surface area contributed by atoms with E-state index in [2.05, 4.69) is 31.1 Å². The molecule has 100 valence electrons. The highest BCUT2D eigenvalue weighted by Gasteiger charge is 2.31. The van der Waals surface area contributed by atoms with Crippen molar-refractivity contribution >= 4 is 0 Å². The zero-order chi connectivity index (χ0) is 12.3. The highest BCUT2D eigenvalue weighted by molar-refractivity contribution is 4.89. The zero-order valence-electron chi connectivity index (χ0n) is 11.9. The predicted octanol–water partition coefficient (Wildman–Crippen LogP) is 3.03. The molecule has 17 heavy (non-hydrogen) atoms. The van der Waals surface area contributed by atoms with Crippen LogP contribution in [-0.4, -0.2) is 36.6 Å². The molecule has 0 heterocycles. The maximum absolute atomic E-state index is 3.61. The quantitative estimate of drug-likeness (QED) is 0.810. The summed E-state index contributed by atoms with van der Waals surface area (Å²) in [5.41, 5.74) is 0. The zero-order valence-corrected chi connectivity index (χ0v) is 11.9. The molecule has 0 amide bonds. The van der Waals surface area contributed by atoms with Crippen molar-refractivity contribution < 1.29 is 0 Å². The molecule has 2 atom stereocenters. The molecule has 2 rings (SSSR count). The fraction of sp³-hybridized carbons (Fsp3) is 1.00. The SMILES string of the molecule is CCNC1CCC(N(C)C2CCC(C)CC2)C1. The summed E-state index contributed by atoms with van der Waals surface area (Å²) in [5.74, 6) is 0.970. The van der Waals surface area contributed by atoms with Crippen LogP contribution in [0.5, 0.6) is 0 Å². The molecule has 0 aromatic carbocycles. The van der Waals surface area contributed by atoms with Crippen LogP contribution >= 0.6 is 0 Å². The molecular weight excluding hydrogens is 208 g/mol. The normalized spacial score (nSPS) is 38.8. The first-order valence-corrected chi connectivity index (χ1v) is 7.66. The smallest absolute Gasteiger partial charge is 0.0110 e. The summed E-state index contributed by atoms with van der Waals surface area (Å²) in [6.45, 7) is 5.76. The average Bonchev–Trinajstić information content (AvgIpc) is 2.78. The van der Waals surface area contributed by atoms with Crippen molar-refractivity contribution in [3.63, 3.8) is 0 Å². The summed E-state index contributed by atoms with van der Waals surface area (Å²) in [6, 6.07) is 2.50. The summed E-state index contributed by atoms with van der Waals surface area (Å²) in [7, 11) is 2.37. The van der Waals surface area contributed by atoms with Gasteiger partial charge < -0.3 is 10.2 Å². The Morgan fingerprint density at radius 2 is 1.65 bits per heavy atom. The minimum absolute atomic E-state index is 0.787. The second-order valence-corrected chi connectivity index (χ2v) is 6.30. The second-order valence-electron chi connectivity index (χ2n) is 6.30. The highest BCUT2D eigenvalue weighted by atomic mass is 15.2. The number of hydrogen-bond donors (Lipinski definition) is 1. The lowest BCUT2D eigenvalue weighted by atomic mass is 9.86. The largest absolute Gasteiger partial charge is 0.314 e. The maximum atomic E-state index is 3.61. The van der Waals surface area contributed by atoms with Gasteiger partial charge in [-0.1, -0.05) is 13.8 Å². The Kier molecular flexibility index (Phi) is 4.87. The Balaban J connectivity index is 1.78. The molecule has 0 spiro atoms. The van der Waals surface area contributed by atoms with E-state index in [9.17, 15) is 0 Å². The predicted molar refractivity (Wildman–Crippen MR) is 74.3 cm³/mol. The van der Waals surface area contributed by atoms with Crippen molar-refractivity contribution in [1.82, 2.24) is 10.2 Å². The van der Waals surface area contributed by atoms with Gasteiger partial charge in [0.1, 0.15) is 0 Å². The third kappa shape index (κ3) is 3.45. The van der Waals surface area contributed by atoms with E-state index in [1.165, 1.54) is 44.9 Å². The lowest BCUT2D eigenvalue weighted by molar-refractivity contribution is 0.124. The molecule has 0 aliphatic heterocycles. The van der Waals surface area contributed by atoms with Crippen LogP contribution in [0.25, 0.3) is 0 Å². The molecular formula is C15H30N2. The van der Waals surface area contributed by atoms with Gasteiger partial charge in [-0.2, -0.15) is 0 Å². The van der Waals surface area contributed by atoms with Crippen LogP contribution in [0.3, 0.4) is 0 Å². The first kappa shape index (κ1) is 13.4. The lowest BCUT2D eigenvalue weighted by Crippen LogP contribution is -2.41. The van der Waals surface area contributed by atoms with Crippen molar-refractivity contribution in [1.29, 1.82) is 0 Å². The van der Waals surface area contributed by atoms with Crippen LogP contribution < -0.4 is 5.32 Å². The van der Waals surface area contributed by atoms with Gasteiger partial charge in [-0.05, 0) is 64.5 Å². The van der Waals surface area contributed by atoms with E-state index >= 15 is 0 Å². The van der Waals surface area contributed by atoms with Gasteiger partial charge in [-0.15, -0.1) is 0 Å². The summed E-state index contributed by atoms with van der Waals surface area (Å²) >= 11 is 0. The van der Waals surface area contributed by atoms with Crippen molar-refractivity contribution in [2.75, 3.05) is 13.6 Å². The van der Waals surface area contributed by atoms with Gasteiger partial charge in [0.15, 0.2) is 0 Å². The minimum atomic E-state index is 0.787. The molecule has 2 heteroatoms. The summed E-state index contributed by atoms with van der Waals surface area (Å²) in [4.78, 5) is 2.71. The number of rotatable bonds is 4.